The molecule has 0 aliphatic heterocycles. The summed E-state index contributed by atoms with van der Waals surface area (Å²) in [4.78, 5) is 12.7. The van der Waals surface area contributed by atoms with Crippen LogP contribution in [0.1, 0.15) is 42.4 Å². The molecular weight excluding hydrogens is 371 g/mol. The lowest BCUT2D eigenvalue weighted by molar-refractivity contribution is 0.102. The van der Waals surface area contributed by atoms with E-state index in [0.717, 1.165) is 11.1 Å². The molecule has 148 valence electrons. The summed E-state index contributed by atoms with van der Waals surface area (Å²) in [5.41, 5.74) is 3.28. The average molecular weight is 392 g/mol. The number of fused-ring (bicyclic) bond motifs is 1. The molecule has 6 nitrogen and oxygen atoms in total. The van der Waals surface area contributed by atoms with E-state index in [1.54, 1.807) is 29.2 Å². The fourth-order valence-electron chi connectivity index (χ4n) is 3.05. The summed E-state index contributed by atoms with van der Waals surface area (Å²) in [5.74, 6) is -0.646. The molecule has 7 heteroatoms. The fraction of sp³-hybridized carbons (Fsp3) is 0.227. The van der Waals surface area contributed by atoms with Gasteiger partial charge in [0.1, 0.15) is 5.82 Å². The Hall–Kier alpha value is -3.48. The minimum atomic E-state index is -0.365. The lowest BCUT2D eigenvalue weighted by Crippen LogP contribution is -2.13. The van der Waals surface area contributed by atoms with Crippen molar-refractivity contribution >= 4 is 22.6 Å². The minimum absolute atomic E-state index is 0.0549. The topological polar surface area (TPSA) is 73.0 Å². The van der Waals surface area contributed by atoms with E-state index in [2.05, 4.69) is 36.3 Å². The number of anilines is 1. The van der Waals surface area contributed by atoms with Crippen molar-refractivity contribution in [3.05, 3.63) is 77.5 Å². The largest absolute Gasteiger partial charge is 0.355 e. The predicted octanol–water partition coefficient (Wildman–Crippen LogP) is 4.76. The molecule has 4 rings (SSSR count). The number of carbonyl (C=O) groups is 1. The lowest BCUT2D eigenvalue weighted by Gasteiger charge is -2.18. The smallest absolute Gasteiger partial charge is 0.278 e. The summed E-state index contributed by atoms with van der Waals surface area (Å²) in [5, 5.41) is 11.7. The zero-order chi connectivity index (χ0) is 20.6. The normalized spacial score (nSPS) is 11.7. The molecule has 0 radical (unpaired) electrons. The highest BCUT2D eigenvalue weighted by Gasteiger charge is 2.20. The monoisotopic (exact) mass is 392 g/mol. The average Bonchev–Trinajstić information content (AvgIpc) is 3.29. The highest BCUT2D eigenvalue weighted by Crippen LogP contribution is 2.28. The standard InChI is InChI=1S/C22H21FN4O2/c1-22(2,3)15-6-9-19-18(10-15)20(26-29-19)21(28)25-17-11-24-27(13-17)12-14-4-7-16(23)8-5-14/h4-11,13H,12H2,1-3H3,(H,25,28). The van der Waals surface area contributed by atoms with Gasteiger partial charge >= 0.3 is 0 Å². The Morgan fingerprint density at radius 2 is 1.93 bits per heavy atom. The molecule has 0 unspecified atom stereocenters. The molecule has 2 aromatic carbocycles. The maximum Gasteiger partial charge on any atom is 0.278 e. The van der Waals surface area contributed by atoms with Crippen LogP contribution in [-0.4, -0.2) is 20.8 Å². The zero-order valence-electron chi connectivity index (χ0n) is 16.4. The van der Waals surface area contributed by atoms with E-state index in [1.807, 2.05) is 18.2 Å². The fourth-order valence-corrected chi connectivity index (χ4v) is 3.05. The van der Waals surface area contributed by atoms with Crippen LogP contribution >= 0.6 is 0 Å². The van der Waals surface area contributed by atoms with E-state index in [9.17, 15) is 9.18 Å². The maximum atomic E-state index is 13.0. The van der Waals surface area contributed by atoms with Crippen molar-refractivity contribution in [2.45, 2.75) is 32.7 Å². The van der Waals surface area contributed by atoms with Gasteiger partial charge < -0.3 is 9.84 Å². The Balaban J connectivity index is 1.52. The quantitative estimate of drug-likeness (QED) is 0.543. The van der Waals surface area contributed by atoms with E-state index in [4.69, 9.17) is 4.52 Å². The van der Waals surface area contributed by atoms with Crippen LogP contribution in [0.15, 0.2) is 59.4 Å². The number of nitrogens with zero attached hydrogens (tertiary/aromatic N) is 3. The van der Waals surface area contributed by atoms with Gasteiger partial charge in [-0.25, -0.2) is 4.39 Å². The SMILES string of the molecule is CC(C)(C)c1ccc2onc(C(=O)Nc3cnn(Cc4ccc(F)cc4)c3)c2c1. The Bertz CT molecular complexity index is 1170. The summed E-state index contributed by atoms with van der Waals surface area (Å²) < 4.78 is 20.0. The first-order valence-electron chi connectivity index (χ1n) is 9.28. The first-order chi connectivity index (χ1) is 13.8. The summed E-state index contributed by atoms with van der Waals surface area (Å²) in [6, 6.07) is 12.0. The number of carbonyl (C=O) groups excluding carboxylic acids is 1. The Morgan fingerprint density at radius 3 is 2.66 bits per heavy atom. The molecule has 0 aliphatic rings. The minimum Gasteiger partial charge on any atom is -0.355 e. The van der Waals surface area contributed by atoms with Crippen molar-refractivity contribution in [2.24, 2.45) is 0 Å². The molecule has 1 amide bonds. The van der Waals surface area contributed by atoms with Gasteiger partial charge in [-0.3, -0.25) is 9.48 Å². The molecule has 0 atom stereocenters. The molecule has 4 aromatic rings. The molecule has 0 aliphatic carbocycles. The third kappa shape index (κ3) is 4.03. The van der Waals surface area contributed by atoms with Gasteiger partial charge in [-0.1, -0.05) is 44.1 Å². The second kappa shape index (κ2) is 7.16. The van der Waals surface area contributed by atoms with Gasteiger partial charge in [0.15, 0.2) is 11.3 Å². The van der Waals surface area contributed by atoms with E-state index in [0.29, 0.717) is 23.2 Å². The number of rotatable bonds is 4. The van der Waals surface area contributed by atoms with Crippen molar-refractivity contribution < 1.29 is 13.7 Å². The van der Waals surface area contributed by atoms with Crippen molar-refractivity contribution in [1.29, 1.82) is 0 Å². The summed E-state index contributed by atoms with van der Waals surface area (Å²) >= 11 is 0. The molecule has 0 saturated heterocycles. The van der Waals surface area contributed by atoms with Gasteiger partial charge in [-0.15, -0.1) is 0 Å². The molecule has 2 heterocycles. The van der Waals surface area contributed by atoms with E-state index in [-0.39, 0.29) is 22.8 Å². The molecule has 2 aromatic heterocycles. The van der Waals surface area contributed by atoms with Gasteiger partial charge in [0.2, 0.25) is 0 Å². The maximum absolute atomic E-state index is 13.0. The Labute approximate surface area is 167 Å². The van der Waals surface area contributed by atoms with Crippen LogP contribution in [0.2, 0.25) is 0 Å². The summed E-state index contributed by atoms with van der Waals surface area (Å²) in [6.45, 7) is 6.79. The lowest BCUT2D eigenvalue weighted by atomic mass is 9.86. The van der Waals surface area contributed by atoms with Crippen LogP contribution in [-0.2, 0) is 12.0 Å². The number of nitrogens with one attached hydrogen (secondary N) is 1. The molecule has 0 fully saturated rings. The van der Waals surface area contributed by atoms with Crippen molar-refractivity contribution in [2.75, 3.05) is 5.32 Å². The molecule has 0 bridgehead atoms. The van der Waals surface area contributed by atoms with Gasteiger partial charge in [0, 0.05) is 6.20 Å². The van der Waals surface area contributed by atoms with Crippen LogP contribution in [0.4, 0.5) is 10.1 Å². The highest BCUT2D eigenvalue weighted by molar-refractivity contribution is 6.10. The van der Waals surface area contributed by atoms with Crippen LogP contribution < -0.4 is 5.32 Å². The molecule has 1 N–H and O–H groups in total. The van der Waals surface area contributed by atoms with Crippen LogP contribution in [0.3, 0.4) is 0 Å². The predicted molar refractivity (Wildman–Crippen MR) is 108 cm³/mol. The van der Waals surface area contributed by atoms with E-state index < -0.39 is 0 Å². The highest BCUT2D eigenvalue weighted by atomic mass is 19.1. The van der Waals surface area contributed by atoms with Crippen molar-refractivity contribution in [1.82, 2.24) is 14.9 Å². The van der Waals surface area contributed by atoms with Gasteiger partial charge in [-0.05, 0) is 40.8 Å². The number of halogens is 1. The Kier molecular flexibility index (Phi) is 4.66. The van der Waals surface area contributed by atoms with Crippen LogP contribution in [0, 0.1) is 5.82 Å². The molecule has 0 spiro atoms. The second-order valence-electron chi connectivity index (χ2n) is 8.00. The van der Waals surface area contributed by atoms with Gasteiger partial charge in [-0.2, -0.15) is 5.10 Å². The summed E-state index contributed by atoms with van der Waals surface area (Å²) in [6.07, 6.45) is 3.27. The number of hydrogen-bond acceptors (Lipinski definition) is 4. The Morgan fingerprint density at radius 1 is 1.17 bits per heavy atom. The molecular formula is C22H21FN4O2. The number of benzene rings is 2. The van der Waals surface area contributed by atoms with Gasteiger partial charge in [0.05, 0.1) is 23.8 Å². The molecule has 0 saturated carbocycles. The first kappa shape index (κ1) is 18.9. The van der Waals surface area contributed by atoms with Crippen LogP contribution in [0.25, 0.3) is 11.0 Å². The third-order valence-electron chi connectivity index (χ3n) is 4.70. The number of amides is 1. The van der Waals surface area contributed by atoms with Crippen molar-refractivity contribution in [3.8, 4) is 0 Å². The second-order valence-corrected chi connectivity index (χ2v) is 8.00. The first-order valence-corrected chi connectivity index (χ1v) is 9.28. The number of hydrogen-bond donors (Lipinski definition) is 1. The number of aromatic nitrogens is 3. The molecule has 29 heavy (non-hydrogen) atoms. The third-order valence-corrected chi connectivity index (χ3v) is 4.70. The zero-order valence-corrected chi connectivity index (χ0v) is 16.4. The van der Waals surface area contributed by atoms with Crippen molar-refractivity contribution in [3.63, 3.8) is 0 Å². The van der Waals surface area contributed by atoms with Gasteiger partial charge in [0.25, 0.3) is 5.91 Å². The van der Waals surface area contributed by atoms with Crippen LogP contribution in [0.5, 0.6) is 0 Å². The summed E-state index contributed by atoms with van der Waals surface area (Å²) in [7, 11) is 0. The van der Waals surface area contributed by atoms with E-state index in [1.165, 1.54) is 12.1 Å². The van der Waals surface area contributed by atoms with E-state index >= 15 is 0 Å².